The van der Waals surface area contributed by atoms with E-state index in [9.17, 15) is 8.78 Å². The molecule has 0 saturated carbocycles. The van der Waals surface area contributed by atoms with E-state index >= 15 is 0 Å². The Morgan fingerprint density at radius 2 is 2.00 bits per heavy atom. The third kappa shape index (κ3) is 2.57. The molecule has 4 nitrogen and oxygen atoms in total. The molecular formula is C11H15F2N3O. The molecule has 1 aliphatic heterocycles. The van der Waals surface area contributed by atoms with Gasteiger partial charge in [0.1, 0.15) is 5.82 Å². The lowest BCUT2D eigenvalue weighted by molar-refractivity contribution is -0.0222. The SMILES string of the molecule is COc1ccc(N)nc1N1CCC(F)(F)CC1. The van der Waals surface area contributed by atoms with Crippen LogP contribution in [0.25, 0.3) is 0 Å². The molecule has 6 heteroatoms. The minimum absolute atomic E-state index is 0.160. The van der Waals surface area contributed by atoms with Gasteiger partial charge in [0.05, 0.1) is 7.11 Å². The van der Waals surface area contributed by atoms with Crippen molar-refractivity contribution in [2.75, 3.05) is 30.8 Å². The zero-order chi connectivity index (χ0) is 12.5. The summed E-state index contributed by atoms with van der Waals surface area (Å²) < 4.78 is 31.3. The number of aromatic nitrogens is 1. The van der Waals surface area contributed by atoms with Gasteiger partial charge in [0.25, 0.3) is 5.92 Å². The van der Waals surface area contributed by atoms with Crippen LogP contribution in [0.5, 0.6) is 5.75 Å². The average Bonchev–Trinajstić information content (AvgIpc) is 2.29. The van der Waals surface area contributed by atoms with Crippen molar-refractivity contribution in [3.05, 3.63) is 12.1 Å². The van der Waals surface area contributed by atoms with Gasteiger partial charge in [0, 0.05) is 25.9 Å². The molecule has 0 aromatic carbocycles. The van der Waals surface area contributed by atoms with E-state index in [1.807, 2.05) is 0 Å². The van der Waals surface area contributed by atoms with Crippen molar-refractivity contribution in [3.8, 4) is 5.75 Å². The standard InChI is InChI=1S/C11H15F2N3O/c1-17-8-2-3-9(14)15-10(8)16-6-4-11(12,13)5-7-16/h2-3H,4-7H2,1H3,(H2,14,15). The second-order valence-electron chi connectivity index (χ2n) is 4.10. The van der Waals surface area contributed by atoms with Gasteiger partial charge in [-0.1, -0.05) is 0 Å². The fourth-order valence-electron chi connectivity index (χ4n) is 1.88. The highest BCUT2D eigenvalue weighted by molar-refractivity contribution is 5.56. The number of piperidine rings is 1. The smallest absolute Gasteiger partial charge is 0.251 e. The maximum atomic E-state index is 13.1. The number of nitrogens with two attached hydrogens (primary N) is 1. The lowest BCUT2D eigenvalue weighted by Gasteiger charge is -2.33. The highest BCUT2D eigenvalue weighted by Gasteiger charge is 2.35. The number of hydrogen-bond acceptors (Lipinski definition) is 4. The summed E-state index contributed by atoms with van der Waals surface area (Å²) in [5, 5.41) is 0. The molecule has 1 aromatic heterocycles. The second kappa shape index (κ2) is 4.35. The Morgan fingerprint density at radius 3 is 2.59 bits per heavy atom. The van der Waals surface area contributed by atoms with Gasteiger partial charge in [-0.25, -0.2) is 13.8 Å². The molecule has 1 saturated heterocycles. The molecular weight excluding hydrogens is 228 g/mol. The molecule has 17 heavy (non-hydrogen) atoms. The molecule has 0 spiro atoms. The molecule has 0 atom stereocenters. The Hall–Kier alpha value is -1.59. The molecule has 2 rings (SSSR count). The Labute approximate surface area is 98.4 Å². The van der Waals surface area contributed by atoms with Crippen LogP contribution in [0.1, 0.15) is 12.8 Å². The first-order valence-corrected chi connectivity index (χ1v) is 5.45. The van der Waals surface area contributed by atoms with Crippen molar-refractivity contribution in [2.45, 2.75) is 18.8 Å². The summed E-state index contributed by atoms with van der Waals surface area (Å²) in [6.45, 7) is 0.527. The zero-order valence-electron chi connectivity index (χ0n) is 9.62. The second-order valence-corrected chi connectivity index (χ2v) is 4.10. The van der Waals surface area contributed by atoms with Crippen LogP contribution < -0.4 is 15.4 Å². The van der Waals surface area contributed by atoms with Crippen molar-refractivity contribution in [3.63, 3.8) is 0 Å². The molecule has 0 amide bonds. The number of hydrogen-bond donors (Lipinski definition) is 1. The fourth-order valence-corrected chi connectivity index (χ4v) is 1.88. The Bertz CT molecular complexity index is 402. The minimum atomic E-state index is -2.57. The number of ether oxygens (including phenoxy) is 1. The van der Waals surface area contributed by atoms with Gasteiger partial charge >= 0.3 is 0 Å². The van der Waals surface area contributed by atoms with Gasteiger partial charge in [-0.2, -0.15) is 0 Å². The summed E-state index contributed by atoms with van der Waals surface area (Å²) in [4.78, 5) is 5.93. The molecule has 1 aliphatic rings. The van der Waals surface area contributed by atoms with E-state index in [1.165, 1.54) is 7.11 Å². The maximum absolute atomic E-state index is 13.1. The number of halogens is 2. The van der Waals surface area contributed by atoms with Gasteiger partial charge in [0.15, 0.2) is 11.6 Å². The van der Waals surface area contributed by atoms with Gasteiger partial charge < -0.3 is 15.4 Å². The Balaban J connectivity index is 2.20. The van der Waals surface area contributed by atoms with Crippen LogP contribution in [0.2, 0.25) is 0 Å². The normalized spacial score (nSPS) is 19.1. The number of nitrogen functional groups attached to an aromatic ring is 1. The number of nitrogens with zero attached hydrogens (tertiary/aromatic N) is 2. The number of methoxy groups -OCH3 is 1. The first kappa shape index (κ1) is 11.9. The molecule has 0 bridgehead atoms. The van der Waals surface area contributed by atoms with Crippen LogP contribution in [0.15, 0.2) is 12.1 Å². The quantitative estimate of drug-likeness (QED) is 0.862. The molecule has 0 unspecified atom stereocenters. The third-order valence-electron chi connectivity index (χ3n) is 2.88. The van der Waals surface area contributed by atoms with Crippen LogP contribution in [0.3, 0.4) is 0 Å². The molecule has 2 heterocycles. The van der Waals surface area contributed by atoms with E-state index in [1.54, 1.807) is 17.0 Å². The zero-order valence-corrected chi connectivity index (χ0v) is 9.62. The monoisotopic (exact) mass is 243 g/mol. The fraction of sp³-hybridized carbons (Fsp3) is 0.545. The minimum Gasteiger partial charge on any atom is -0.493 e. The van der Waals surface area contributed by atoms with Gasteiger partial charge in [-0.05, 0) is 12.1 Å². The van der Waals surface area contributed by atoms with Crippen molar-refractivity contribution in [2.24, 2.45) is 0 Å². The summed E-state index contributed by atoms with van der Waals surface area (Å²) >= 11 is 0. The molecule has 0 aliphatic carbocycles. The highest BCUT2D eigenvalue weighted by Crippen LogP contribution is 2.33. The van der Waals surface area contributed by atoms with Crippen LogP contribution >= 0.6 is 0 Å². The van der Waals surface area contributed by atoms with E-state index in [2.05, 4.69) is 4.98 Å². The van der Waals surface area contributed by atoms with Crippen LogP contribution in [0, 0.1) is 0 Å². The largest absolute Gasteiger partial charge is 0.493 e. The summed E-state index contributed by atoms with van der Waals surface area (Å²) in [6.07, 6.45) is -0.320. The van der Waals surface area contributed by atoms with Crippen molar-refractivity contribution < 1.29 is 13.5 Å². The maximum Gasteiger partial charge on any atom is 0.251 e. The van der Waals surface area contributed by atoms with Crippen LogP contribution in [-0.2, 0) is 0 Å². The third-order valence-corrected chi connectivity index (χ3v) is 2.88. The molecule has 0 radical (unpaired) electrons. The van der Waals surface area contributed by atoms with E-state index in [0.717, 1.165) is 0 Å². The molecule has 1 fully saturated rings. The Kier molecular flexibility index (Phi) is 3.04. The van der Waals surface area contributed by atoms with Crippen LogP contribution in [-0.4, -0.2) is 31.1 Å². The number of pyridine rings is 1. The first-order valence-electron chi connectivity index (χ1n) is 5.45. The van der Waals surface area contributed by atoms with E-state index in [-0.39, 0.29) is 25.9 Å². The Morgan fingerprint density at radius 1 is 1.35 bits per heavy atom. The lowest BCUT2D eigenvalue weighted by atomic mass is 10.1. The van der Waals surface area contributed by atoms with Gasteiger partial charge in [-0.15, -0.1) is 0 Å². The van der Waals surface area contributed by atoms with Crippen molar-refractivity contribution >= 4 is 11.6 Å². The van der Waals surface area contributed by atoms with E-state index in [4.69, 9.17) is 10.5 Å². The van der Waals surface area contributed by atoms with Crippen molar-refractivity contribution in [1.82, 2.24) is 4.98 Å². The predicted molar refractivity (Wildman–Crippen MR) is 61.6 cm³/mol. The first-order chi connectivity index (χ1) is 8.02. The van der Waals surface area contributed by atoms with Crippen molar-refractivity contribution in [1.29, 1.82) is 0 Å². The number of alkyl halides is 2. The van der Waals surface area contributed by atoms with Crippen LogP contribution in [0.4, 0.5) is 20.4 Å². The van der Waals surface area contributed by atoms with Gasteiger partial charge in [0.2, 0.25) is 0 Å². The van der Waals surface area contributed by atoms with E-state index < -0.39 is 5.92 Å². The number of anilines is 2. The summed E-state index contributed by atoms with van der Waals surface area (Å²) in [5.41, 5.74) is 5.60. The molecule has 94 valence electrons. The molecule has 1 aromatic rings. The highest BCUT2D eigenvalue weighted by atomic mass is 19.3. The summed E-state index contributed by atoms with van der Waals surface area (Å²) in [6, 6.07) is 3.32. The van der Waals surface area contributed by atoms with E-state index in [0.29, 0.717) is 17.4 Å². The average molecular weight is 243 g/mol. The van der Waals surface area contributed by atoms with Gasteiger partial charge in [-0.3, -0.25) is 0 Å². The topological polar surface area (TPSA) is 51.4 Å². The summed E-state index contributed by atoms with van der Waals surface area (Å²) in [5.74, 6) is -1.10. The molecule has 2 N–H and O–H groups in total. The predicted octanol–water partition coefficient (Wildman–Crippen LogP) is 1.91. The number of rotatable bonds is 2. The summed E-state index contributed by atoms with van der Waals surface area (Å²) in [7, 11) is 1.52. The lowest BCUT2D eigenvalue weighted by Crippen LogP contribution is -2.40.